The summed E-state index contributed by atoms with van der Waals surface area (Å²) in [5.74, 6) is -0.616. The molecule has 28 heavy (non-hydrogen) atoms. The fraction of sp³-hybridized carbons (Fsp3) is 0.150. The molecule has 0 saturated carbocycles. The molecule has 0 radical (unpaired) electrons. The number of benzene rings is 2. The van der Waals surface area contributed by atoms with Gasteiger partial charge in [0.15, 0.2) is 0 Å². The van der Waals surface area contributed by atoms with Gasteiger partial charge in [-0.3, -0.25) is 14.7 Å². The summed E-state index contributed by atoms with van der Waals surface area (Å²) in [7, 11) is -3.72. The number of carbonyl (C=O) groups excluding carboxylic acids is 1. The van der Waals surface area contributed by atoms with Gasteiger partial charge in [0.1, 0.15) is 0 Å². The van der Waals surface area contributed by atoms with Crippen molar-refractivity contribution in [3.63, 3.8) is 0 Å². The van der Waals surface area contributed by atoms with Crippen molar-refractivity contribution in [1.29, 1.82) is 0 Å². The Balaban J connectivity index is 1.92. The second kappa shape index (κ2) is 7.75. The van der Waals surface area contributed by atoms with Crippen molar-refractivity contribution >= 4 is 49.1 Å². The molecule has 0 atom stereocenters. The summed E-state index contributed by atoms with van der Waals surface area (Å²) in [4.78, 5) is 12.2. The Kier molecular flexibility index (Phi) is 5.55. The van der Waals surface area contributed by atoms with E-state index < -0.39 is 15.9 Å². The highest BCUT2D eigenvalue weighted by molar-refractivity contribution is 7.92. The zero-order valence-corrected chi connectivity index (χ0v) is 17.2. The van der Waals surface area contributed by atoms with E-state index >= 15 is 0 Å². The fourth-order valence-electron chi connectivity index (χ4n) is 3.20. The number of thiophene rings is 1. The van der Waals surface area contributed by atoms with Crippen LogP contribution >= 0.6 is 11.3 Å². The standard InChI is InChI=1S/C20H20N2O4S2/c1-12-8-13(2)20(14(3)9-12)28(25,26)22-16-4-6-18-15(10-16)11-17(27-18)5-7-19(23)21-24/h4-11,22,24H,1-3H3,(H,21,23)/b7-5+. The van der Waals surface area contributed by atoms with Crippen molar-refractivity contribution < 1.29 is 18.4 Å². The molecule has 6 nitrogen and oxygen atoms in total. The SMILES string of the molecule is Cc1cc(C)c(S(=O)(=O)Nc2ccc3sc(/C=C/C(=O)NO)cc3c2)c(C)c1. The third-order valence-corrected chi connectivity index (χ3v) is 6.94. The summed E-state index contributed by atoms with van der Waals surface area (Å²) in [6, 6.07) is 10.8. The number of hydrogen-bond acceptors (Lipinski definition) is 5. The van der Waals surface area contributed by atoms with Gasteiger partial charge in [-0.1, -0.05) is 17.7 Å². The maximum Gasteiger partial charge on any atom is 0.267 e. The van der Waals surface area contributed by atoms with Crippen LogP contribution in [0.5, 0.6) is 0 Å². The molecule has 0 aliphatic carbocycles. The number of fused-ring (bicyclic) bond motifs is 1. The van der Waals surface area contributed by atoms with E-state index in [9.17, 15) is 13.2 Å². The first-order valence-corrected chi connectivity index (χ1v) is 10.8. The molecule has 3 rings (SSSR count). The van der Waals surface area contributed by atoms with Gasteiger partial charge in [-0.15, -0.1) is 11.3 Å². The van der Waals surface area contributed by atoms with E-state index in [4.69, 9.17) is 5.21 Å². The fourth-order valence-corrected chi connectivity index (χ4v) is 5.65. The summed E-state index contributed by atoms with van der Waals surface area (Å²) in [5.41, 5.74) is 4.43. The van der Waals surface area contributed by atoms with Gasteiger partial charge in [0.2, 0.25) is 0 Å². The average Bonchev–Trinajstić information content (AvgIpc) is 3.00. The number of sulfonamides is 1. The van der Waals surface area contributed by atoms with Gasteiger partial charge in [0.05, 0.1) is 4.90 Å². The van der Waals surface area contributed by atoms with Gasteiger partial charge in [-0.2, -0.15) is 0 Å². The van der Waals surface area contributed by atoms with Crippen LogP contribution in [0, 0.1) is 20.8 Å². The number of hydrogen-bond donors (Lipinski definition) is 3. The van der Waals surface area contributed by atoms with Gasteiger partial charge < -0.3 is 0 Å². The lowest BCUT2D eigenvalue weighted by Crippen LogP contribution is -2.15. The number of anilines is 1. The number of aryl methyl sites for hydroxylation is 3. The van der Waals surface area contributed by atoms with Crippen molar-refractivity contribution in [2.45, 2.75) is 25.7 Å². The molecule has 0 spiro atoms. The van der Waals surface area contributed by atoms with E-state index in [0.717, 1.165) is 20.5 Å². The van der Waals surface area contributed by atoms with Crippen LogP contribution in [0.4, 0.5) is 5.69 Å². The van der Waals surface area contributed by atoms with Crippen LogP contribution in [0.3, 0.4) is 0 Å². The molecule has 0 aliphatic heterocycles. The molecule has 0 fully saturated rings. The Morgan fingerprint density at radius 3 is 2.39 bits per heavy atom. The summed E-state index contributed by atoms with van der Waals surface area (Å²) in [6.07, 6.45) is 2.80. The molecule has 1 heterocycles. The van der Waals surface area contributed by atoms with Gasteiger partial charge in [0, 0.05) is 21.3 Å². The van der Waals surface area contributed by atoms with Crippen molar-refractivity contribution in [3.8, 4) is 0 Å². The molecule has 1 aromatic heterocycles. The number of carbonyl (C=O) groups is 1. The first-order valence-electron chi connectivity index (χ1n) is 8.46. The zero-order valence-electron chi connectivity index (χ0n) is 15.6. The van der Waals surface area contributed by atoms with Crippen LogP contribution in [0.15, 0.2) is 47.4 Å². The van der Waals surface area contributed by atoms with Gasteiger partial charge in [-0.25, -0.2) is 13.9 Å². The highest BCUT2D eigenvalue weighted by Crippen LogP contribution is 2.30. The molecule has 3 N–H and O–H groups in total. The summed E-state index contributed by atoms with van der Waals surface area (Å²) in [5, 5.41) is 9.39. The van der Waals surface area contributed by atoms with E-state index in [2.05, 4.69) is 4.72 Å². The largest absolute Gasteiger partial charge is 0.288 e. The van der Waals surface area contributed by atoms with Crippen molar-refractivity contribution in [2.75, 3.05) is 4.72 Å². The monoisotopic (exact) mass is 416 g/mol. The summed E-state index contributed by atoms with van der Waals surface area (Å²) in [6.45, 7) is 5.51. The molecule has 8 heteroatoms. The second-order valence-electron chi connectivity index (χ2n) is 6.54. The maximum absolute atomic E-state index is 12.9. The molecular formula is C20H20N2O4S2. The molecule has 0 saturated heterocycles. The topological polar surface area (TPSA) is 95.5 Å². The minimum atomic E-state index is -3.72. The first-order chi connectivity index (χ1) is 13.2. The van der Waals surface area contributed by atoms with E-state index in [-0.39, 0.29) is 0 Å². The van der Waals surface area contributed by atoms with Gasteiger partial charge in [-0.05, 0) is 67.6 Å². The molecule has 0 unspecified atom stereocenters. The molecule has 146 valence electrons. The lowest BCUT2D eigenvalue weighted by Gasteiger charge is -2.14. The normalized spacial score (nSPS) is 11.9. The first kappa shape index (κ1) is 20.1. The van der Waals surface area contributed by atoms with E-state index in [1.165, 1.54) is 22.9 Å². The Bertz CT molecular complexity index is 1170. The molecule has 0 aliphatic rings. The number of hydroxylamine groups is 1. The Morgan fingerprint density at radius 2 is 1.75 bits per heavy atom. The van der Waals surface area contributed by atoms with Crippen LogP contribution in [0.1, 0.15) is 21.6 Å². The lowest BCUT2D eigenvalue weighted by atomic mass is 10.1. The Hall–Kier alpha value is -2.68. The summed E-state index contributed by atoms with van der Waals surface area (Å²) < 4.78 is 29.4. The lowest BCUT2D eigenvalue weighted by molar-refractivity contribution is -0.124. The molecule has 1 amide bonds. The van der Waals surface area contributed by atoms with Crippen molar-refractivity contribution in [3.05, 3.63) is 64.0 Å². The number of nitrogens with one attached hydrogen (secondary N) is 2. The highest BCUT2D eigenvalue weighted by atomic mass is 32.2. The molecule has 3 aromatic rings. The molecule has 2 aromatic carbocycles. The third kappa shape index (κ3) is 4.24. The van der Waals surface area contributed by atoms with E-state index in [1.54, 1.807) is 32.1 Å². The maximum atomic E-state index is 12.9. The van der Waals surface area contributed by atoms with E-state index in [1.807, 2.05) is 31.2 Å². The predicted octanol–water partition coefficient (Wildman–Crippen LogP) is 4.15. The quantitative estimate of drug-likeness (QED) is 0.331. The highest BCUT2D eigenvalue weighted by Gasteiger charge is 2.20. The minimum absolute atomic E-state index is 0.294. The third-order valence-electron chi connectivity index (χ3n) is 4.17. The van der Waals surface area contributed by atoms with Crippen LogP contribution in [0.2, 0.25) is 0 Å². The molecular weight excluding hydrogens is 396 g/mol. The van der Waals surface area contributed by atoms with Gasteiger partial charge in [0.25, 0.3) is 15.9 Å². The Morgan fingerprint density at radius 1 is 1.07 bits per heavy atom. The van der Waals surface area contributed by atoms with Crippen LogP contribution in [-0.4, -0.2) is 19.5 Å². The minimum Gasteiger partial charge on any atom is -0.288 e. The van der Waals surface area contributed by atoms with Crippen molar-refractivity contribution in [2.24, 2.45) is 0 Å². The predicted molar refractivity (Wildman–Crippen MR) is 112 cm³/mol. The number of rotatable bonds is 5. The second-order valence-corrected chi connectivity index (χ2v) is 9.28. The smallest absolute Gasteiger partial charge is 0.267 e. The van der Waals surface area contributed by atoms with Crippen LogP contribution in [0.25, 0.3) is 16.2 Å². The molecule has 0 bridgehead atoms. The van der Waals surface area contributed by atoms with E-state index in [0.29, 0.717) is 21.7 Å². The average molecular weight is 417 g/mol. The van der Waals surface area contributed by atoms with Crippen molar-refractivity contribution in [1.82, 2.24) is 5.48 Å². The zero-order chi connectivity index (χ0) is 20.5. The van der Waals surface area contributed by atoms with Gasteiger partial charge >= 0.3 is 0 Å². The summed E-state index contributed by atoms with van der Waals surface area (Å²) >= 11 is 1.45. The Labute approximate surface area is 167 Å². The van der Waals surface area contributed by atoms with Crippen LogP contribution in [-0.2, 0) is 14.8 Å². The van der Waals surface area contributed by atoms with Crippen LogP contribution < -0.4 is 10.2 Å². The number of amides is 1.